The fourth-order valence-corrected chi connectivity index (χ4v) is 3.68. The highest BCUT2D eigenvalue weighted by Gasteiger charge is 2.23. The molecule has 2 aromatic carbocycles. The van der Waals surface area contributed by atoms with Crippen LogP contribution in [-0.4, -0.2) is 23.7 Å². The number of hydrogen-bond acceptors (Lipinski definition) is 4. The fourth-order valence-electron chi connectivity index (χ4n) is 3.68. The van der Waals surface area contributed by atoms with E-state index in [9.17, 15) is 9.59 Å². The molecule has 0 saturated heterocycles. The maximum absolute atomic E-state index is 13.1. The summed E-state index contributed by atoms with van der Waals surface area (Å²) in [5.41, 5.74) is 3.35. The fraction of sp³-hybridized carbons (Fsp3) is 0.100. The molecule has 3 aromatic heterocycles. The molecule has 7 nitrogen and oxygen atoms in total. The van der Waals surface area contributed by atoms with Crippen molar-refractivity contribution in [3.8, 4) is 11.3 Å². The molecule has 0 aliphatic rings. The Hall–Kier alpha value is -3.74. The molecule has 0 amide bonds. The van der Waals surface area contributed by atoms with E-state index >= 15 is 0 Å². The van der Waals surface area contributed by atoms with Crippen LogP contribution >= 0.6 is 0 Å². The molecule has 5 aromatic rings. The first-order chi connectivity index (χ1) is 13.1. The molecule has 0 aliphatic carbocycles. The van der Waals surface area contributed by atoms with Gasteiger partial charge in [-0.15, -0.1) is 10.2 Å². The Balaban J connectivity index is 2.21. The molecule has 0 unspecified atom stereocenters. The molecular weight excluding hydrogens is 342 g/mol. The van der Waals surface area contributed by atoms with Gasteiger partial charge in [-0.05, 0) is 17.7 Å². The first kappa shape index (κ1) is 15.5. The minimum Gasteiger partial charge on any atom is -0.293 e. The lowest BCUT2D eigenvalue weighted by atomic mass is 10.1. The summed E-state index contributed by atoms with van der Waals surface area (Å²) in [6.45, 7) is 0. The lowest BCUT2D eigenvalue weighted by Gasteiger charge is -2.06. The van der Waals surface area contributed by atoms with E-state index in [1.807, 2.05) is 59.0 Å². The topological polar surface area (TPSA) is 74.2 Å². The molecule has 3 heterocycles. The van der Waals surface area contributed by atoms with E-state index in [0.29, 0.717) is 27.8 Å². The lowest BCUT2D eigenvalue weighted by Crippen LogP contribution is -2.36. The van der Waals surface area contributed by atoms with E-state index in [4.69, 9.17) is 0 Å². The summed E-state index contributed by atoms with van der Waals surface area (Å²) in [5, 5.41) is 9.11. The number of aryl methyl sites for hydroxylation is 1. The molecule has 0 atom stereocenters. The van der Waals surface area contributed by atoms with Crippen LogP contribution in [0.2, 0.25) is 0 Å². The molecule has 0 N–H and O–H groups in total. The van der Waals surface area contributed by atoms with E-state index in [-0.39, 0.29) is 5.56 Å². The summed E-state index contributed by atoms with van der Waals surface area (Å²) in [7, 11) is 3.14. The second kappa shape index (κ2) is 5.38. The van der Waals surface area contributed by atoms with Gasteiger partial charge in [0.1, 0.15) is 11.0 Å². The number of rotatable bonds is 1. The van der Waals surface area contributed by atoms with Gasteiger partial charge in [0.15, 0.2) is 5.65 Å². The number of para-hydroxylation sites is 1. The highest BCUT2D eigenvalue weighted by Crippen LogP contribution is 2.32. The van der Waals surface area contributed by atoms with Crippen molar-refractivity contribution in [1.82, 2.24) is 23.7 Å². The minimum absolute atomic E-state index is 0.346. The zero-order chi connectivity index (χ0) is 18.7. The van der Waals surface area contributed by atoms with Crippen LogP contribution in [0.4, 0.5) is 0 Å². The van der Waals surface area contributed by atoms with Crippen LogP contribution in [-0.2, 0) is 14.1 Å². The van der Waals surface area contributed by atoms with E-state index in [1.165, 1.54) is 11.6 Å². The number of fused-ring (bicyclic) bond motifs is 5. The van der Waals surface area contributed by atoms with Crippen molar-refractivity contribution in [2.24, 2.45) is 14.1 Å². The maximum Gasteiger partial charge on any atom is 0.331 e. The molecule has 5 rings (SSSR count). The maximum atomic E-state index is 13.1. The van der Waals surface area contributed by atoms with Crippen molar-refractivity contribution in [3.05, 3.63) is 75.4 Å². The van der Waals surface area contributed by atoms with E-state index in [2.05, 4.69) is 10.2 Å². The van der Waals surface area contributed by atoms with Gasteiger partial charge in [0.25, 0.3) is 5.56 Å². The predicted octanol–water partition coefficient (Wildman–Crippen LogP) is 2.10. The van der Waals surface area contributed by atoms with Gasteiger partial charge in [0.2, 0.25) is 0 Å². The third-order valence-corrected chi connectivity index (χ3v) is 4.97. The lowest BCUT2D eigenvalue weighted by molar-refractivity contribution is 0.715. The van der Waals surface area contributed by atoms with Crippen molar-refractivity contribution in [2.75, 3.05) is 0 Å². The monoisotopic (exact) mass is 357 g/mol. The summed E-state index contributed by atoms with van der Waals surface area (Å²) in [6.07, 6.45) is 0. The third kappa shape index (κ3) is 1.96. The molecule has 0 bridgehead atoms. The van der Waals surface area contributed by atoms with Gasteiger partial charge in [0, 0.05) is 14.1 Å². The van der Waals surface area contributed by atoms with Gasteiger partial charge in [-0.1, -0.05) is 42.5 Å². The summed E-state index contributed by atoms with van der Waals surface area (Å²) in [5.74, 6) is 0. The first-order valence-corrected chi connectivity index (χ1v) is 8.50. The van der Waals surface area contributed by atoms with Crippen molar-refractivity contribution < 1.29 is 0 Å². The van der Waals surface area contributed by atoms with E-state index < -0.39 is 5.69 Å². The van der Waals surface area contributed by atoms with Gasteiger partial charge < -0.3 is 0 Å². The Morgan fingerprint density at radius 1 is 0.815 bits per heavy atom. The smallest absolute Gasteiger partial charge is 0.293 e. The standard InChI is InChI=1S/C20H15N5O2/c1-23-17-15(19(26)24(2)20(23)27)16(12-8-4-3-5-9-12)25-14-11-7-6-10-13(14)21-22-18(17)25/h3-11H,1-2H3. The zero-order valence-electron chi connectivity index (χ0n) is 14.7. The van der Waals surface area contributed by atoms with Gasteiger partial charge in [-0.3, -0.25) is 18.3 Å². The molecule has 0 fully saturated rings. The van der Waals surface area contributed by atoms with Crippen molar-refractivity contribution >= 4 is 27.6 Å². The minimum atomic E-state index is -0.394. The van der Waals surface area contributed by atoms with Crippen LogP contribution in [0, 0.1) is 0 Å². The molecule has 132 valence electrons. The van der Waals surface area contributed by atoms with Crippen LogP contribution in [0.3, 0.4) is 0 Å². The molecular formula is C20H15N5O2. The van der Waals surface area contributed by atoms with Gasteiger partial charge in [0.05, 0.1) is 16.6 Å². The number of hydrogen-bond donors (Lipinski definition) is 0. The molecule has 0 spiro atoms. The average molecular weight is 357 g/mol. The Bertz CT molecular complexity index is 1480. The Labute approximate surface area is 152 Å². The predicted molar refractivity (Wildman–Crippen MR) is 104 cm³/mol. The van der Waals surface area contributed by atoms with Crippen LogP contribution in [0.1, 0.15) is 0 Å². The molecule has 27 heavy (non-hydrogen) atoms. The van der Waals surface area contributed by atoms with Gasteiger partial charge in [-0.25, -0.2) is 4.79 Å². The number of nitrogens with zero attached hydrogens (tertiary/aromatic N) is 5. The van der Waals surface area contributed by atoms with E-state index in [0.717, 1.165) is 15.6 Å². The SMILES string of the molecule is Cn1c(=O)c2c(-c3ccccc3)n3c4ccccc4nnc3c2n(C)c1=O. The highest BCUT2D eigenvalue weighted by atomic mass is 16.2. The second-order valence-electron chi connectivity index (χ2n) is 6.49. The number of benzene rings is 2. The van der Waals surface area contributed by atoms with Crippen LogP contribution in [0.15, 0.2) is 64.2 Å². The Kier molecular flexibility index (Phi) is 3.09. The summed E-state index contributed by atoms with van der Waals surface area (Å²) < 4.78 is 4.51. The highest BCUT2D eigenvalue weighted by molar-refractivity contribution is 6.04. The van der Waals surface area contributed by atoms with Crippen LogP contribution in [0.5, 0.6) is 0 Å². The van der Waals surface area contributed by atoms with E-state index in [1.54, 1.807) is 7.05 Å². The normalized spacial score (nSPS) is 11.6. The summed E-state index contributed by atoms with van der Waals surface area (Å²) in [4.78, 5) is 25.6. The molecule has 0 radical (unpaired) electrons. The Morgan fingerprint density at radius 3 is 2.30 bits per heavy atom. The first-order valence-electron chi connectivity index (χ1n) is 8.50. The third-order valence-electron chi connectivity index (χ3n) is 4.97. The molecule has 0 saturated carbocycles. The summed E-state index contributed by atoms with van der Waals surface area (Å²) in [6, 6.07) is 17.3. The molecule has 0 aliphatic heterocycles. The van der Waals surface area contributed by atoms with Crippen LogP contribution < -0.4 is 11.2 Å². The van der Waals surface area contributed by atoms with Gasteiger partial charge in [-0.2, -0.15) is 0 Å². The Morgan fingerprint density at radius 2 is 1.52 bits per heavy atom. The van der Waals surface area contributed by atoms with Gasteiger partial charge >= 0.3 is 5.69 Å². The largest absolute Gasteiger partial charge is 0.331 e. The average Bonchev–Trinajstić information content (AvgIpc) is 3.07. The van der Waals surface area contributed by atoms with Crippen LogP contribution in [0.25, 0.3) is 38.8 Å². The summed E-state index contributed by atoms with van der Waals surface area (Å²) >= 11 is 0. The second-order valence-corrected chi connectivity index (χ2v) is 6.49. The van der Waals surface area contributed by atoms with Crippen molar-refractivity contribution in [2.45, 2.75) is 0 Å². The van der Waals surface area contributed by atoms with Crippen molar-refractivity contribution in [1.29, 1.82) is 0 Å². The van der Waals surface area contributed by atoms with Crippen molar-refractivity contribution in [3.63, 3.8) is 0 Å². The number of aromatic nitrogens is 5. The quantitative estimate of drug-likeness (QED) is 0.460. The zero-order valence-corrected chi connectivity index (χ0v) is 14.7. The molecule has 7 heteroatoms.